The summed E-state index contributed by atoms with van der Waals surface area (Å²) in [5.74, 6) is -0.896. The van der Waals surface area contributed by atoms with E-state index in [1.165, 1.54) is 4.31 Å². The topological polar surface area (TPSA) is 152 Å². The monoisotopic (exact) mass is 573 g/mol. The van der Waals surface area contributed by atoms with Gasteiger partial charge >= 0.3 is 6.09 Å². The predicted octanol–water partition coefficient (Wildman–Crippen LogP) is 2.10. The minimum Gasteiger partial charge on any atom is -0.448 e. The summed E-state index contributed by atoms with van der Waals surface area (Å²) in [6.45, 7) is 4.78. The van der Waals surface area contributed by atoms with Gasteiger partial charge in [0, 0.05) is 32.2 Å². The molecule has 4 aliphatic rings. The van der Waals surface area contributed by atoms with Gasteiger partial charge in [0.1, 0.15) is 6.61 Å². The van der Waals surface area contributed by atoms with Crippen LogP contribution >= 0.6 is 0 Å². The molecule has 5 rings (SSSR count). The van der Waals surface area contributed by atoms with Crippen LogP contribution in [0.5, 0.6) is 0 Å². The molecule has 3 aliphatic heterocycles. The first-order valence-electron chi connectivity index (χ1n) is 14.2. The number of piperidine rings is 1. The zero-order valence-electron chi connectivity index (χ0n) is 23.0. The quantitative estimate of drug-likeness (QED) is 0.331. The molecule has 11 nitrogen and oxygen atoms in total. The number of hydrogen-bond donors (Lipinski definition) is 3. The number of nitrogens with zero attached hydrogens (tertiary/aromatic N) is 3. The molecule has 1 aromatic rings. The summed E-state index contributed by atoms with van der Waals surface area (Å²) in [6.07, 6.45) is 3.58. The van der Waals surface area contributed by atoms with Crippen LogP contribution in [0.25, 0.3) is 0 Å². The summed E-state index contributed by atoms with van der Waals surface area (Å²) in [4.78, 5) is 27.2. The third-order valence-corrected chi connectivity index (χ3v) is 11.5. The van der Waals surface area contributed by atoms with Gasteiger partial charge in [-0.3, -0.25) is 10.0 Å². The Labute approximate surface area is 235 Å². The van der Waals surface area contributed by atoms with Crippen molar-refractivity contribution in [1.82, 2.24) is 20.0 Å². The fourth-order valence-corrected chi connectivity index (χ4v) is 9.39. The SMILES string of the molecule is Cc1cc(C#N)ccc1C1CCN(S(=O)(=O)CC2(C(=O)NO)C[C@H]3CN(C(=O)OC[C@@H]4CCCN4)C[C@H]3C2)CC1. The predicted molar refractivity (Wildman–Crippen MR) is 146 cm³/mol. The Hall–Kier alpha value is -2.72. The molecule has 2 amide bonds. The standard InChI is InChI=1S/C28H39N5O6S/c1-19-11-20(14-29)4-5-25(19)21-6-9-33(10-7-21)40(37,38)18-28(26(34)31-36)12-22-15-32(16-23(22)13-28)27(35)39-17-24-3-2-8-30-24/h4-5,11,21-24,30,36H,2-3,6-10,12-13,15-18H2,1H3,(H,31,34)/t22-,23+,24-,28?/m0/s1. The number of benzene rings is 1. The van der Waals surface area contributed by atoms with E-state index in [1.54, 1.807) is 16.4 Å². The molecule has 3 heterocycles. The molecule has 1 aliphatic carbocycles. The number of likely N-dealkylation sites (tertiary alicyclic amines) is 1. The molecular formula is C28H39N5O6S. The fraction of sp³-hybridized carbons (Fsp3) is 0.679. The number of ether oxygens (including phenoxy) is 1. The van der Waals surface area contributed by atoms with Crippen LogP contribution in [-0.2, 0) is 19.6 Å². The first-order valence-corrected chi connectivity index (χ1v) is 15.8. The zero-order valence-corrected chi connectivity index (χ0v) is 23.8. The van der Waals surface area contributed by atoms with Gasteiger partial charge in [0.2, 0.25) is 10.0 Å². The number of sulfonamides is 1. The molecule has 0 spiro atoms. The maximum absolute atomic E-state index is 13.6. The number of hydrogen-bond acceptors (Lipinski definition) is 8. The molecule has 4 fully saturated rings. The van der Waals surface area contributed by atoms with Crippen molar-refractivity contribution in [3.63, 3.8) is 0 Å². The Bertz CT molecular complexity index is 1250. The highest BCUT2D eigenvalue weighted by molar-refractivity contribution is 7.89. The smallest absolute Gasteiger partial charge is 0.409 e. The summed E-state index contributed by atoms with van der Waals surface area (Å²) >= 11 is 0. The number of nitrogens with one attached hydrogen (secondary N) is 2. The largest absolute Gasteiger partial charge is 0.448 e. The van der Waals surface area contributed by atoms with Crippen LogP contribution in [0.2, 0.25) is 0 Å². The van der Waals surface area contributed by atoms with Crippen molar-refractivity contribution >= 4 is 22.0 Å². The van der Waals surface area contributed by atoms with E-state index < -0.39 is 21.3 Å². The highest BCUT2D eigenvalue weighted by Gasteiger charge is 2.56. The number of nitriles is 1. The van der Waals surface area contributed by atoms with E-state index in [9.17, 15) is 23.2 Å². The summed E-state index contributed by atoms with van der Waals surface area (Å²) < 4.78 is 34.2. The molecular weight excluding hydrogens is 534 g/mol. The maximum Gasteiger partial charge on any atom is 0.409 e. The van der Waals surface area contributed by atoms with Gasteiger partial charge in [0.05, 0.1) is 22.8 Å². The van der Waals surface area contributed by atoms with Crippen molar-refractivity contribution in [2.24, 2.45) is 17.3 Å². The zero-order chi connectivity index (χ0) is 28.5. The Kier molecular flexibility index (Phi) is 8.38. The summed E-state index contributed by atoms with van der Waals surface area (Å²) in [6, 6.07) is 7.96. The number of hydroxylamine groups is 1. The van der Waals surface area contributed by atoms with Gasteiger partial charge in [-0.05, 0) is 93.0 Å². The van der Waals surface area contributed by atoms with Crippen molar-refractivity contribution in [3.05, 3.63) is 34.9 Å². The van der Waals surface area contributed by atoms with Crippen molar-refractivity contribution < 1.29 is 28.0 Å². The lowest BCUT2D eigenvalue weighted by molar-refractivity contribution is -0.138. The maximum atomic E-state index is 13.6. The van der Waals surface area contributed by atoms with Gasteiger partial charge in [-0.2, -0.15) is 5.26 Å². The van der Waals surface area contributed by atoms with Crippen molar-refractivity contribution in [3.8, 4) is 6.07 Å². The van der Waals surface area contributed by atoms with Crippen LogP contribution in [0, 0.1) is 35.5 Å². The van der Waals surface area contributed by atoms with Crippen LogP contribution in [0.4, 0.5) is 4.79 Å². The van der Waals surface area contributed by atoms with Gasteiger partial charge in [-0.15, -0.1) is 0 Å². The molecule has 3 saturated heterocycles. The molecule has 40 heavy (non-hydrogen) atoms. The minimum absolute atomic E-state index is 0.0326. The highest BCUT2D eigenvalue weighted by Crippen LogP contribution is 2.50. The Balaban J connectivity index is 1.19. The number of carbonyl (C=O) groups is 2. The normalized spacial score (nSPS) is 29.2. The molecule has 0 bridgehead atoms. The summed E-state index contributed by atoms with van der Waals surface area (Å²) in [5.41, 5.74) is 3.27. The van der Waals surface area contributed by atoms with Crippen LogP contribution < -0.4 is 10.8 Å². The van der Waals surface area contributed by atoms with Crippen LogP contribution in [0.3, 0.4) is 0 Å². The van der Waals surface area contributed by atoms with Gasteiger partial charge < -0.3 is 15.0 Å². The van der Waals surface area contributed by atoms with E-state index in [1.807, 2.05) is 19.1 Å². The lowest BCUT2D eigenvalue weighted by Crippen LogP contribution is -2.49. The minimum atomic E-state index is -3.78. The number of aryl methyl sites for hydroxylation is 1. The number of rotatable bonds is 7. The van der Waals surface area contributed by atoms with Crippen molar-refractivity contribution in [2.45, 2.75) is 57.4 Å². The molecule has 1 aromatic carbocycles. The molecule has 3 N–H and O–H groups in total. The summed E-state index contributed by atoms with van der Waals surface area (Å²) in [7, 11) is -3.78. The second-order valence-electron chi connectivity index (χ2n) is 12.0. The number of carbonyl (C=O) groups excluding carboxylic acids is 2. The van der Waals surface area contributed by atoms with Crippen LogP contribution in [0.15, 0.2) is 18.2 Å². The Morgan fingerprint density at radius 3 is 2.48 bits per heavy atom. The Morgan fingerprint density at radius 1 is 1.20 bits per heavy atom. The van der Waals surface area contributed by atoms with Crippen molar-refractivity contribution in [1.29, 1.82) is 5.26 Å². The van der Waals surface area contributed by atoms with E-state index >= 15 is 0 Å². The third-order valence-electron chi connectivity index (χ3n) is 9.44. The number of amides is 2. The van der Waals surface area contributed by atoms with E-state index in [2.05, 4.69) is 11.4 Å². The number of fused-ring (bicyclic) bond motifs is 1. The average Bonchev–Trinajstić information content (AvgIpc) is 3.67. The molecule has 218 valence electrons. The lowest BCUT2D eigenvalue weighted by atomic mass is 9.86. The second kappa shape index (κ2) is 11.6. The Morgan fingerprint density at radius 2 is 1.90 bits per heavy atom. The van der Waals surface area contributed by atoms with E-state index in [0.29, 0.717) is 51.2 Å². The fourth-order valence-electron chi connectivity index (χ4n) is 7.38. The van der Waals surface area contributed by atoms with Crippen molar-refractivity contribution in [2.75, 3.05) is 45.1 Å². The molecule has 12 heteroatoms. The van der Waals surface area contributed by atoms with E-state index in [0.717, 1.165) is 30.5 Å². The van der Waals surface area contributed by atoms with Gasteiger partial charge in [-0.1, -0.05) is 6.07 Å². The van der Waals surface area contributed by atoms with Gasteiger partial charge in [0.15, 0.2) is 0 Å². The molecule has 0 aromatic heterocycles. The molecule has 1 unspecified atom stereocenters. The molecule has 1 saturated carbocycles. The van der Waals surface area contributed by atoms with Gasteiger partial charge in [-0.25, -0.2) is 23.0 Å². The third kappa shape index (κ3) is 5.84. The van der Waals surface area contributed by atoms with Crippen LogP contribution in [0.1, 0.15) is 61.1 Å². The highest BCUT2D eigenvalue weighted by atomic mass is 32.2. The summed E-state index contributed by atoms with van der Waals surface area (Å²) in [5, 5.41) is 22.0. The van der Waals surface area contributed by atoms with Crippen LogP contribution in [-0.4, -0.2) is 86.0 Å². The first-order chi connectivity index (χ1) is 19.1. The first kappa shape index (κ1) is 28.8. The average molecular weight is 574 g/mol. The second-order valence-corrected chi connectivity index (χ2v) is 14.0. The van der Waals surface area contributed by atoms with E-state index in [4.69, 9.17) is 10.00 Å². The lowest BCUT2D eigenvalue weighted by Gasteiger charge is -2.35. The van der Waals surface area contributed by atoms with E-state index in [-0.39, 0.29) is 48.5 Å². The molecule has 0 radical (unpaired) electrons. The molecule has 4 atom stereocenters. The van der Waals surface area contributed by atoms with Gasteiger partial charge in [0.25, 0.3) is 5.91 Å².